The maximum atomic E-state index is 12.4. The predicted molar refractivity (Wildman–Crippen MR) is 76.7 cm³/mol. The van der Waals surface area contributed by atoms with Crippen molar-refractivity contribution in [2.24, 2.45) is 0 Å². The number of hydrogen-bond donors (Lipinski definition) is 1. The zero-order valence-electron chi connectivity index (χ0n) is 12.1. The smallest absolute Gasteiger partial charge is 0.274 e. The summed E-state index contributed by atoms with van der Waals surface area (Å²) in [5, 5.41) is 11.2. The topological polar surface area (TPSA) is 67.4 Å². The standard InChI is InChI=1S/C14H22N4O2/c1-3-7-15-13-6-5-12(16-17-13)14(19)18-8-9-20-10-11(18)4-2/h5-6,11H,3-4,7-10H2,1-2H3,(H,15,17). The largest absolute Gasteiger partial charge is 0.377 e. The lowest BCUT2D eigenvalue weighted by Gasteiger charge is -2.34. The number of anilines is 1. The molecule has 1 aromatic heterocycles. The Kier molecular flexibility index (Phi) is 5.29. The number of rotatable bonds is 5. The van der Waals surface area contributed by atoms with Crippen molar-refractivity contribution in [2.75, 3.05) is 31.6 Å². The summed E-state index contributed by atoms with van der Waals surface area (Å²) in [6.07, 6.45) is 1.91. The molecule has 1 aromatic rings. The zero-order chi connectivity index (χ0) is 14.4. The molecule has 0 saturated carbocycles. The van der Waals surface area contributed by atoms with Gasteiger partial charge in [-0.25, -0.2) is 0 Å². The Labute approximate surface area is 119 Å². The minimum absolute atomic E-state index is 0.0605. The first-order chi connectivity index (χ1) is 9.76. The molecule has 1 atom stereocenters. The predicted octanol–water partition coefficient (Wildman–Crippen LogP) is 1.55. The van der Waals surface area contributed by atoms with Crippen LogP contribution in [0.2, 0.25) is 0 Å². The molecule has 110 valence electrons. The molecule has 1 aliphatic rings. The van der Waals surface area contributed by atoms with Crippen molar-refractivity contribution in [3.63, 3.8) is 0 Å². The number of aromatic nitrogens is 2. The molecule has 20 heavy (non-hydrogen) atoms. The zero-order valence-corrected chi connectivity index (χ0v) is 12.1. The van der Waals surface area contributed by atoms with Crippen molar-refractivity contribution in [1.82, 2.24) is 15.1 Å². The maximum Gasteiger partial charge on any atom is 0.274 e. The summed E-state index contributed by atoms with van der Waals surface area (Å²) in [7, 11) is 0. The molecule has 2 heterocycles. The van der Waals surface area contributed by atoms with Crippen molar-refractivity contribution < 1.29 is 9.53 Å². The normalized spacial score (nSPS) is 18.9. The first-order valence-electron chi connectivity index (χ1n) is 7.22. The van der Waals surface area contributed by atoms with Crippen LogP contribution in [0.5, 0.6) is 0 Å². The molecular formula is C14H22N4O2. The number of amides is 1. The molecule has 0 aliphatic carbocycles. The Balaban J connectivity index is 2.04. The highest BCUT2D eigenvalue weighted by Gasteiger charge is 2.27. The van der Waals surface area contributed by atoms with Crippen LogP contribution in [0.25, 0.3) is 0 Å². The minimum atomic E-state index is -0.0605. The van der Waals surface area contributed by atoms with Crippen molar-refractivity contribution in [2.45, 2.75) is 32.7 Å². The average Bonchev–Trinajstić information content (AvgIpc) is 2.52. The van der Waals surface area contributed by atoms with E-state index in [-0.39, 0.29) is 11.9 Å². The molecule has 6 heteroatoms. The number of morpholine rings is 1. The number of ether oxygens (including phenoxy) is 1. The fourth-order valence-corrected chi connectivity index (χ4v) is 2.20. The summed E-state index contributed by atoms with van der Waals surface area (Å²) in [4.78, 5) is 14.3. The van der Waals surface area contributed by atoms with Gasteiger partial charge in [-0.2, -0.15) is 0 Å². The second kappa shape index (κ2) is 7.19. The molecule has 6 nitrogen and oxygen atoms in total. The Bertz CT molecular complexity index is 435. The van der Waals surface area contributed by atoms with E-state index >= 15 is 0 Å². The lowest BCUT2D eigenvalue weighted by atomic mass is 10.1. The highest BCUT2D eigenvalue weighted by atomic mass is 16.5. The van der Waals surface area contributed by atoms with Gasteiger partial charge in [0.2, 0.25) is 0 Å². The van der Waals surface area contributed by atoms with Gasteiger partial charge >= 0.3 is 0 Å². The Morgan fingerprint density at radius 3 is 2.95 bits per heavy atom. The van der Waals surface area contributed by atoms with Gasteiger partial charge in [0, 0.05) is 13.1 Å². The highest BCUT2D eigenvalue weighted by molar-refractivity contribution is 5.92. The van der Waals surface area contributed by atoms with Crippen molar-refractivity contribution in [3.05, 3.63) is 17.8 Å². The highest BCUT2D eigenvalue weighted by Crippen LogP contribution is 2.14. The molecule has 1 N–H and O–H groups in total. The molecule has 1 aliphatic heterocycles. The molecule has 1 fully saturated rings. The van der Waals surface area contributed by atoms with Crippen LogP contribution in [0.4, 0.5) is 5.82 Å². The van der Waals surface area contributed by atoms with Gasteiger partial charge in [-0.3, -0.25) is 4.79 Å². The minimum Gasteiger partial charge on any atom is -0.377 e. The molecule has 2 rings (SSSR count). The number of carbonyl (C=O) groups is 1. The van der Waals surface area contributed by atoms with Gasteiger partial charge in [-0.1, -0.05) is 13.8 Å². The lowest BCUT2D eigenvalue weighted by molar-refractivity contribution is -0.00316. The lowest BCUT2D eigenvalue weighted by Crippen LogP contribution is -2.48. The van der Waals surface area contributed by atoms with Gasteiger partial charge in [-0.15, -0.1) is 10.2 Å². The summed E-state index contributed by atoms with van der Waals surface area (Å²) in [5.74, 6) is 0.645. The fraction of sp³-hybridized carbons (Fsp3) is 0.643. The molecule has 0 aromatic carbocycles. The van der Waals surface area contributed by atoms with E-state index in [9.17, 15) is 4.79 Å². The van der Waals surface area contributed by atoms with E-state index in [1.807, 2.05) is 4.90 Å². The van der Waals surface area contributed by atoms with E-state index in [0.717, 1.165) is 19.4 Å². The molecular weight excluding hydrogens is 256 g/mol. The van der Waals surface area contributed by atoms with Crippen molar-refractivity contribution in [1.29, 1.82) is 0 Å². The third kappa shape index (κ3) is 3.45. The third-order valence-electron chi connectivity index (χ3n) is 3.40. The quantitative estimate of drug-likeness (QED) is 0.885. The molecule has 1 amide bonds. The van der Waals surface area contributed by atoms with Gasteiger partial charge < -0.3 is 15.0 Å². The third-order valence-corrected chi connectivity index (χ3v) is 3.40. The van der Waals surface area contributed by atoms with E-state index in [1.54, 1.807) is 12.1 Å². The second-order valence-corrected chi connectivity index (χ2v) is 4.87. The van der Waals surface area contributed by atoms with E-state index in [1.165, 1.54) is 0 Å². The van der Waals surface area contributed by atoms with Crippen LogP contribution in [0, 0.1) is 0 Å². The van der Waals surface area contributed by atoms with Crippen LogP contribution in [0.3, 0.4) is 0 Å². The van der Waals surface area contributed by atoms with Crippen molar-refractivity contribution >= 4 is 11.7 Å². The van der Waals surface area contributed by atoms with Crippen LogP contribution in [-0.2, 0) is 4.74 Å². The molecule has 1 saturated heterocycles. The van der Waals surface area contributed by atoms with E-state index < -0.39 is 0 Å². The van der Waals surface area contributed by atoms with E-state index in [2.05, 4.69) is 29.4 Å². The van der Waals surface area contributed by atoms with Gasteiger partial charge in [0.25, 0.3) is 5.91 Å². The number of carbonyl (C=O) groups excluding carboxylic acids is 1. The SMILES string of the molecule is CCCNc1ccc(C(=O)N2CCOCC2CC)nn1. The van der Waals surface area contributed by atoms with Gasteiger partial charge in [0.1, 0.15) is 5.82 Å². The summed E-state index contributed by atoms with van der Waals surface area (Å²) >= 11 is 0. The van der Waals surface area contributed by atoms with Gasteiger partial charge in [-0.05, 0) is 25.0 Å². The van der Waals surface area contributed by atoms with Crippen LogP contribution < -0.4 is 5.32 Å². The Morgan fingerprint density at radius 1 is 1.45 bits per heavy atom. The molecule has 0 radical (unpaired) electrons. The van der Waals surface area contributed by atoms with Crippen molar-refractivity contribution in [3.8, 4) is 0 Å². The van der Waals surface area contributed by atoms with E-state index in [0.29, 0.717) is 31.3 Å². The van der Waals surface area contributed by atoms with Crippen LogP contribution in [0.15, 0.2) is 12.1 Å². The molecule has 0 spiro atoms. The van der Waals surface area contributed by atoms with E-state index in [4.69, 9.17) is 4.74 Å². The summed E-state index contributed by atoms with van der Waals surface area (Å²) in [6.45, 7) is 6.81. The summed E-state index contributed by atoms with van der Waals surface area (Å²) in [6, 6.07) is 3.67. The second-order valence-electron chi connectivity index (χ2n) is 4.87. The first-order valence-corrected chi connectivity index (χ1v) is 7.22. The maximum absolute atomic E-state index is 12.4. The Hall–Kier alpha value is -1.69. The number of nitrogens with one attached hydrogen (secondary N) is 1. The number of hydrogen-bond acceptors (Lipinski definition) is 5. The van der Waals surface area contributed by atoms with Gasteiger partial charge in [0.05, 0.1) is 19.3 Å². The average molecular weight is 278 g/mol. The van der Waals surface area contributed by atoms with Crippen LogP contribution in [-0.4, -0.2) is 53.3 Å². The summed E-state index contributed by atoms with van der Waals surface area (Å²) < 4.78 is 5.41. The molecule has 1 unspecified atom stereocenters. The Morgan fingerprint density at radius 2 is 2.30 bits per heavy atom. The molecule has 0 bridgehead atoms. The number of nitrogens with zero attached hydrogens (tertiary/aromatic N) is 3. The monoisotopic (exact) mass is 278 g/mol. The van der Waals surface area contributed by atoms with Crippen LogP contribution in [0.1, 0.15) is 37.2 Å². The fourth-order valence-electron chi connectivity index (χ4n) is 2.20. The van der Waals surface area contributed by atoms with Gasteiger partial charge in [0.15, 0.2) is 5.69 Å². The summed E-state index contributed by atoms with van der Waals surface area (Å²) in [5.41, 5.74) is 0.396. The van der Waals surface area contributed by atoms with Crippen LogP contribution >= 0.6 is 0 Å². The first kappa shape index (κ1) is 14.7.